The van der Waals surface area contributed by atoms with Gasteiger partial charge in [0, 0.05) is 6.42 Å². The fourth-order valence-corrected chi connectivity index (χ4v) is 4.88. The molecule has 0 N–H and O–H groups in total. The van der Waals surface area contributed by atoms with E-state index in [2.05, 4.69) is 10.3 Å². The van der Waals surface area contributed by atoms with E-state index in [0.29, 0.717) is 18.6 Å². The number of sulfonamides is 1. The maximum atomic E-state index is 12.8. The highest BCUT2D eigenvalue weighted by Gasteiger charge is 2.51. The molecule has 5 heteroatoms. The fraction of sp³-hybridized carbons (Fsp3) is 0.450. The maximum Gasteiger partial charge on any atom is 0.282 e. The zero-order valence-corrected chi connectivity index (χ0v) is 15.6. The van der Waals surface area contributed by atoms with Crippen LogP contribution in [0.1, 0.15) is 38.7 Å². The number of hydrogen-bond acceptors (Lipinski definition) is 3. The lowest BCUT2D eigenvalue weighted by Crippen LogP contribution is -2.48. The number of aryl methyl sites for hydroxylation is 1. The van der Waals surface area contributed by atoms with Gasteiger partial charge in [-0.1, -0.05) is 43.0 Å². The van der Waals surface area contributed by atoms with Gasteiger partial charge in [-0.15, -0.1) is 6.42 Å². The Hall–Kier alpha value is -1.90. The first-order valence-electron chi connectivity index (χ1n) is 8.55. The number of nitrogens with zero attached hydrogens (tertiary/aromatic N) is 1. The van der Waals surface area contributed by atoms with Crippen molar-refractivity contribution < 1.29 is 13.2 Å². The Morgan fingerprint density at radius 3 is 2.60 bits per heavy atom. The molecule has 0 saturated carbocycles. The summed E-state index contributed by atoms with van der Waals surface area (Å²) < 4.78 is 35.9. The van der Waals surface area contributed by atoms with E-state index < -0.39 is 15.4 Å². The first-order valence-corrected chi connectivity index (χ1v) is 9.99. The molecule has 1 aromatic rings. The molecule has 1 fully saturated rings. The summed E-state index contributed by atoms with van der Waals surface area (Å²) in [5, 5.41) is 0. The van der Waals surface area contributed by atoms with Crippen molar-refractivity contribution in [3.63, 3.8) is 0 Å². The topological polar surface area (TPSA) is 55.7 Å². The molecule has 2 aliphatic rings. The van der Waals surface area contributed by atoms with Crippen molar-refractivity contribution in [3.8, 4) is 12.3 Å². The first kappa shape index (κ1) is 17.9. The third-order valence-electron chi connectivity index (χ3n) is 4.98. The molecule has 2 bridgehead atoms. The summed E-state index contributed by atoms with van der Waals surface area (Å²) in [7, 11) is -3.80. The lowest BCUT2D eigenvalue weighted by atomic mass is 9.71. The minimum Gasteiger partial charge on any atom is -0.364 e. The van der Waals surface area contributed by atoms with Gasteiger partial charge in [0.15, 0.2) is 0 Å². The van der Waals surface area contributed by atoms with Crippen LogP contribution >= 0.6 is 0 Å². The average molecular weight is 357 g/mol. The molecule has 0 spiro atoms. The lowest BCUT2D eigenvalue weighted by molar-refractivity contribution is 0.000424. The van der Waals surface area contributed by atoms with E-state index in [-0.39, 0.29) is 17.1 Å². The Bertz CT molecular complexity index is 875. The van der Waals surface area contributed by atoms with Crippen LogP contribution in [0.5, 0.6) is 0 Å². The number of ether oxygens (including phenoxy) is 1. The van der Waals surface area contributed by atoms with Crippen molar-refractivity contribution in [2.24, 2.45) is 9.81 Å². The standard InChI is InChI=1S/C20H23NO3S/c1-5-11-20(6-2)18(13-16-12-15(4)19(20)24-16)21-25(22,23)17-9-7-14(3)8-10-17/h2,7-10,12,16,19H,5,11,13H2,1,3-4H3/b21-18+/t16-,19+,20-/m1/s1. The molecule has 3 atom stereocenters. The summed E-state index contributed by atoms with van der Waals surface area (Å²) in [4.78, 5) is 0.191. The van der Waals surface area contributed by atoms with Crippen LogP contribution < -0.4 is 0 Å². The Balaban J connectivity index is 2.09. The van der Waals surface area contributed by atoms with Gasteiger partial charge in [0.2, 0.25) is 0 Å². The largest absolute Gasteiger partial charge is 0.364 e. The number of fused-ring (bicyclic) bond motifs is 2. The molecule has 4 nitrogen and oxygen atoms in total. The van der Waals surface area contributed by atoms with Gasteiger partial charge in [-0.2, -0.15) is 12.8 Å². The molecule has 1 aromatic carbocycles. The SMILES string of the molecule is C#C[C@@]1(CCC)/C(=N/S(=O)(=O)c2ccc(C)cc2)C[C@H]2C=C(C)[C@@H]1O2. The highest BCUT2D eigenvalue weighted by Crippen LogP contribution is 2.46. The molecule has 0 aliphatic carbocycles. The summed E-state index contributed by atoms with van der Waals surface area (Å²) in [6, 6.07) is 6.72. The van der Waals surface area contributed by atoms with Crippen LogP contribution in [0.2, 0.25) is 0 Å². The summed E-state index contributed by atoms with van der Waals surface area (Å²) in [6.07, 6.45) is 9.40. The van der Waals surface area contributed by atoms with E-state index in [1.165, 1.54) is 0 Å². The van der Waals surface area contributed by atoms with Gasteiger partial charge < -0.3 is 4.74 Å². The normalized spacial score (nSPS) is 30.2. The van der Waals surface area contributed by atoms with E-state index in [4.69, 9.17) is 11.2 Å². The van der Waals surface area contributed by atoms with Crippen LogP contribution in [-0.4, -0.2) is 26.3 Å². The Kier molecular flexibility index (Phi) is 4.61. The number of hydrogen-bond donors (Lipinski definition) is 0. The van der Waals surface area contributed by atoms with Crippen LogP contribution in [0, 0.1) is 24.7 Å². The molecule has 1 saturated heterocycles. The molecule has 3 rings (SSSR count). The quantitative estimate of drug-likeness (QED) is 0.610. The Morgan fingerprint density at radius 1 is 1.32 bits per heavy atom. The van der Waals surface area contributed by atoms with Crippen molar-refractivity contribution in [2.75, 3.05) is 0 Å². The van der Waals surface area contributed by atoms with Crippen molar-refractivity contribution in [1.82, 2.24) is 0 Å². The number of terminal acetylenes is 1. The molecule has 0 unspecified atom stereocenters. The van der Waals surface area contributed by atoms with Crippen molar-refractivity contribution in [3.05, 3.63) is 41.5 Å². The smallest absolute Gasteiger partial charge is 0.282 e. The maximum absolute atomic E-state index is 12.8. The van der Waals surface area contributed by atoms with E-state index in [1.54, 1.807) is 24.3 Å². The van der Waals surface area contributed by atoms with Gasteiger partial charge in [-0.05, 0) is 38.0 Å². The molecular weight excluding hydrogens is 334 g/mol. The molecule has 2 heterocycles. The monoisotopic (exact) mass is 357 g/mol. The van der Waals surface area contributed by atoms with Crippen molar-refractivity contribution in [1.29, 1.82) is 0 Å². The third kappa shape index (κ3) is 3.05. The predicted octanol–water partition coefficient (Wildman–Crippen LogP) is 3.66. The second-order valence-electron chi connectivity index (χ2n) is 6.86. The van der Waals surface area contributed by atoms with Crippen LogP contribution in [0.4, 0.5) is 0 Å². The summed E-state index contributed by atoms with van der Waals surface area (Å²) in [5.74, 6) is 2.85. The first-order chi connectivity index (χ1) is 11.8. The second kappa shape index (κ2) is 6.44. The van der Waals surface area contributed by atoms with Gasteiger partial charge >= 0.3 is 0 Å². The van der Waals surface area contributed by atoms with Gasteiger partial charge in [-0.25, -0.2) is 0 Å². The van der Waals surface area contributed by atoms with E-state index in [9.17, 15) is 8.42 Å². The van der Waals surface area contributed by atoms with Crippen molar-refractivity contribution in [2.45, 2.75) is 57.1 Å². The van der Waals surface area contributed by atoms with Crippen molar-refractivity contribution >= 4 is 15.7 Å². The average Bonchev–Trinajstić information content (AvgIpc) is 2.88. The van der Waals surface area contributed by atoms with E-state index in [0.717, 1.165) is 17.6 Å². The number of benzene rings is 1. The van der Waals surface area contributed by atoms with E-state index >= 15 is 0 Å². The minimum atomic E-state index is -3.80. The predicted molar refractivity (Wildman–Crippen MR) is 99.0 cm³/mol. The van der Waals surface area contributed by atoms with Gasteiger partial charge in [0.05, 0.1) is 16.7 Å². The van der Waals surface area contributed by atoms with Crippen LogP contribution in [0.25, 0.3) is 0 Å². The van der Waals surface area contributed by atoms with Crippen LogP contribution in [0.3, 0.4) is 0 Å². The molecule has 25 heavy (non-hydrogen) atoms. The Morgan fingerprint density at radius 2 is 2.00 bits per heavy atom. The molecular formula is C20H23NO3S. The van der Waals surface area contributed by atoms with Crippen LogP contribution in [-0.2, 0) is 14.8 Å². The highest BCUT2D eigenvalue weighted by molar-refractivity contribution is 7.90. The molecule has 132 valence electrons. The van der Waals surface area contributed by atoms with Gasteiger partial charge in [0.25, 0.3) is 10.0 Å². The Labute approximate surface area is 150 Å². The highest BCUT2D eigenvalue weighted by atomic mass is 32.2. The third-order valence-corrected chi connectivity index (χ3v) is 6.31. The minimum absolute atomic E-state index is 0.143. The molecule has 0 aromatic heterocycles. The zero-order valence-electron chi connectivity index (χ0n) is 14.8. The summed E-state index contributed by atoms with van der Waals surface area (Å²) in [6.45, 7) is 5.94. The van der Waals surface area contributed by atoms with Crippen LogP contribution in [0.15, 0.2) is 45.2 Å². The van der Waals surface area contributed by atoms with Gasteiger partial charge in [0.1, 0.15) is 11.5 Å². The molecule has 0 radical (unpaired) electrons. The second-order valence-corrected chi connectivity index (χ2v) is 8.47. The molecule has 0 amide bonds. The summed E-state index contributed by atoms with van der Waals surface area (Å²) >= 11 is 0. The summed E-state index contributed by atoms with van der Waals surface area (Å²) in [5.41, 5.74) is 1.82. The number of rotatable bonds is 4. The fourth-order valence-electron chi connectivity index (χ4n) is 3.77. The lowest BCUT2D eigenvalue weighted by Gasteiger charge is -2.40. The zero-order chi connectivity index (χ0) is 18.2. The van der Waals surface area contributed by atoms with E-state index in [1.807, 2.05) is 26.8 Å². The molecule has 2 aliphatic heterocycles. The van der Waals surface area contributed by atoms with Gasteiger partial charge in [-0.3, -0.25) is 0 Å².